The summed E-state index contributed by atoms with van der Waals surface area (Å²) in [6.45, 7) is 1.55. The molecule has 2 aromatic rings. The number of benzene rings is 1. The summed E-state index contributed by atoms with van der Waals surface area (Å²) < 4.78 is 1.02. The van der Waals surface area contributed by atoms with E-state index in [1.165, 1.54) is 0 Å². The summed E-state index contributed by atoms with van der Waals surface area (Å²) in [5, 5.41) is 0. The molecule has 0 atom stereocenters. The second-order valence-electron chi connectivity index (χ2n) is 3.88. The molecule has 0 aliphatic rings. The molecule has 0 aliphatic carbocycles. The Morgan fingerprint density at radius 3 is 2.44 bits per heavy atom. The molecule has 0 spiro atoms. The zero-order chi connectivity index (χ0) is 13.0. The number of carbonyl (C=O) groups excluding carboxylic acids is 1. The Labute approximate surface area is 115 Å². The first-order valence-electron chi connectivity index (χ1n) is 5.56. The Hall–Kier alpha value is -1.74. The molecule has 0 aliphatic heterocycles. The second-order valence-corrected chi connectivity index (χ2v) is 4.80. The van der Waals surface area contributed by atoms with E-state index in [0.717, 1.165) is 10.0 Å². The van der Waals surface area contributed by atoms with Crippen LogP contribution in [0, 0.1) is 0 Å². The van der Waals surface area contributed by atoms with E-state index in [0.29, 0.717) is 11.3 Å². The first-order chi connectivity index (χ1) is 8.66. The maximum atomic E-state index is 11.7. The second kappa shape index (κ2) is 5.74. The largest absolute Gasteiger partial charge is 0.294 e. The maximum absolute atomic E-state index is 11.7. The van der Waals surface area contributed by atoms with Gasteiger partial charge in [0.1, 0.15) is 0 Å². The van der Waals surface area contributed by atoms with Gasteiger partial charge in [-0.2, -0.15) is 0 Å². The van der Waals surface area contributed by atoms with Crippen LogP contribution in [0.5, 0.6) is 0 Å². The molecule has 2 rings (SSSR count). The Morgan fingerprint density at radius 2 is 1.89 bits per heavy atom. The van der Waals surface area contributed by atoms with Crippen LogP contribution >= 0.6 is 15.9 Å². The van der Waals surface area contributed by atoms with Crippen molar-refractivity contribution in [3.8, 4) is 0 Å². The fourth-order valence-electron chi connectivity index (χ4n) is 1.60. The molecule has 3 heteroatoms. The van der Waals surface area contributed by atoms with Gasteiger partial charge in [-0.25, -0.2) is 0 Å². The number of allylic oxidation sites excluding steroid dienone is 1. The van der Waals surface area contributed by atoms with E-state index in [2.05, 4.69) is 20.9 Å². The number of hydrogen-bond donors (Lipinski definition) is 0. The van der Waals surface area contributed by atoms with Crippen molar-refractivity contribution in [2.75, 3.05) is 0 Å². The van der Waals surface area contributed by atoms with Crippen molar-refractivity contribution in [1.29, 1.82) is 0 Å². The van der Waals surface area contributed by atoms with Crippen LogP contribution in [-0.4, -0.2) is 10.8 Å². The highest BCUT2D eigenvalue weighted by Crippen LogP contribution is 2.18. The predicted molar refractivity (Wildman–Crippen MR) is 76.9 cm³/mol. The van der Waals surface area contributed by atoms with Crippen LogP contribution in [-0.2, 0) is 4.79 Å². The van der Waals surface area contributed by atoms with Crippen molar-refractivity contribution in [2.24, 2.45) is 0 Å². The molecule has 1 heterocycles. The van der Waals surface area contributed by atoms with Gasteiger partial charge in [0.05, 0.1) is 5.69 Å². The number of ketones is 1. The molecule has 0 amide bonds. The van der Waals surface area contributed by atoms with Gasteiger partial charge in [-0.3, -0.25) is 9.78 Å². The van der Waals surface area contributed by atoms with Crippen molar-refractivity contribution >= 4 is 33.4 Å². The molecule has 1 aromatic carbocycles. The molecule has 1 aromatic heterocycles. The van der Waals surface area contributed by atoms with Gasteiger partial charge < -0.3 is 0 Å². The van der Waals surface area contributed by atoms with Gasteiger partial charge in [-0.1, -0.05) is 34.1 Å². The highest BCUT2D eigenvalue weighted by atomic mass is 79.9. The van der Waals surface area contributed by atoms with E-state index in [1.807, 2.05) is 48.5 Å². The van der Waals surface area contributed by atoms with E-state index in [4.69, 9.17) is 0 Å². The summed E-state index contributed by atoms with van der Waals surface area (Å²) >= 11 is 3.39. The lowest BCUT2D eigenvalue weighted by atomic mass is 10.0. The van der Waals surface area contributed by atoms with Crippen molar-refractivity contribution in [3.05, 3.63) is 64.4 Å². The number of halogens is 1. The van der Waals surface area contributed by atoms with Gasteiger partial charge in [0.25, 0.3) is 0 Å². The van der Waals surface area contributed by atoms with Crippen molar-refractivity contribution < 1.29 is 4.79 Å². The minimum absolute atomic E-state index is 0.0108. The molecule has 0 saturated heterocycles. The van der Waals surface area contributed by atoms with E-state index in [-0.39, 0.29) is 5.78 Å². The zero-order valence-electron chi connectivity index (χ0n) is 9.93. The van der Waals surface area contributed by atoms with E-state index < -0.39 is 0 Å². The van der Waals surface area contributed by atoms with E-state index in [9.17, 15) is 4.79 Å². The summed E-state index contributed by atoms with van der Waals surface area (Å²) in [5.74, 6) is 0.0108. The lowest BCUT2D eigenvalue weighted by molar-refractivity contribution is -0.111. The maximum Gasteiger partial charge on any atom is 0.161 e. The molecular weight excluding hydrogens is 290 g/mol. The Bertz CT molecular complexity index is 573. The fraction of sp³-hybridized carbons (Fsp3) is 0.0667. The zero-order valence-corrected chi connectivity index (χ0v) is 11.5. The van der Waals surface area contributed by atoms with Crippen LogP contribution in [0.2, 0.25) is 0 Å². The van der Waals surface area contributed by atoms with Crippen LogP contribution in [0.4, 0.5) is 0 Å². The van der Waals surface area contributed by atoms with Gasteiger partial charge in [0.2, 0.25) is 0 Å². The van der Waals surface area contributed by atoms with E-state index in [1.54, 1.807) is 13.1 Å². The first kappa shape index (κ1) is 12.7. The normalized spacial score (nSPS) is 11.3. The summed E-state index contributed by atoms with van der Waals surface area (Å²) in [6, 6.07) is 13.4. The molecule has 0 saturated carbocycles. The third-order valence-electron chi connectivity index (χ3n) is 2.50. The standard InChI is InChI=1S/C15H12BrNO/c1-11(18)14(15-4-2-3-9-17-15)10-12-5-7-13(16)8-6-12/h2-10H,1H3/b14-10-. The Balaban J connectivity index is 2.43. The minimum Gasteiger partial charge on any atom is -0.294 e. The van der Waals surface area contributed by atoms with Gasteiger partial charge in [-0.15, -0.1) is 0 Å². The number of aromatic nitrogens is 1. The number of Topliss-reactive ketones (excluding diaryl/α,β-unsaturated/α-hetero) is 1. The molecular formula is C15H12BrNO. The number of carbonyl (C=O) groups is 1. The van der Waals surface area contributed by atoms with Crippen LogP contribution < -0.4 is 0 Å². The smallest absolute Gasteiger partial charge is 0.161 e. The summed E-state index contributed by atoms with van der Waals surface area (Å²) in [5.41, 5.74) is 2.31. The summed E-state index contributed by atoms with van der Waals surface area (Å²) in [6.07, 6.45) is 3.55. The lowest BCUT2D eigenvalue weighted by Gasteiger charge is -2.03. The average Bonchev–Trinajstić information content (AvgIpc) is 2.38. The van der Waals surface area contributed by atoms with Crippen molar-refractivity contribution in [3.63, 3.8) is 0 Å². The molecule has 0 fully saturated rings. The van der Waals surface area contributed by atoms with Crippen LogP contribution in [0.15, 0.2) is 53.1 Å². The fourth-order valence-corrected chi connectivity index (χ4v) is 1.87. The summed E-state index contributed by atoms with van der Waals surface area (Å²) in [7, 11) is 0. The molecule has 2 nitrogen and oxygen atoms in total. The lowest BCUT2D eigenvalue weighted by Crippen LogP contribution is -1.98. The third-order valence-corrected chi connectivity index (χ3v) is 3.03. The molecule has 0 bridgehead atoms. The first-order valence-corrected chi connectivity index (χ1v) is 6.36. The van der Waals surface area contributed by atoms with Gasteiger partial charge in [0.15, 0.2) is 5.78 Å². The van der Waals surface area contributed by atoms with Crippen molar-refractivity contribution in [2.45, 2.75) is 6.92 Å². The Morgan fingerprint density at radius 1 is 1.17 bits per heavy atom. The Kier molecular flexibility index (Phi) is 4.05. The molecule has 0 unspecified atom stereocenters. The predicted octanol–water partition coefficient (Wildman–Crippen LogP) is 3.97. The molecule has 0 N–H and O–H groups in total. The average molecular weight is 302 g/mol. The van der Waals surface area contributed by atoms with Gasteiger partial charge >= 0.3 is 0 Å². The number of nitrogens with zero attached hydrogens (tertiary/aromatic N) is 1. The van der Waals surface area contributed by atoms with Crippen LogP contribution in [0.25, 0.3) is 11.6 Å². The third kappa shape index (κ3) is 3.14. The number of hydrogen-bond acceptors (Lipinski definition) is 2. The van der Waals surface area contributed by atoms with Gasteiger partial charge in [0, 0.05) is 16.2 Å². The highest BCUT2D eigenvalue weighted by Gasteiger charge is 2.07. The highest BCUT2D eigenvalue weighted by molar-refractivity contribution is 9.10. The number of pyridine rings is 1. The number of rotatable bonds is 3. The molecule has 0 radical (unpaired) electrons. The minimum atomic E-state index is 0.0108. The van der Waals surface area contributed by atoms with Crippen LogP contribution in [0.3, 0.4) is 0 Å². The molecule has 90 valence electrons. The van der Waals surface area contributed by atoms with Crippen LogP contribution in [0.1, 0.15) is 18.2 Å². The quantitative estimate of drug-likeness (QED) is 0.803. The topological polar surface area (TPSA) is 30.0 Å². The van der Waals surface area contributed by atoms with Crippen molar-refractivity contribution in [1.82, 2.24) is 4.98 Å². The van der Waals surface area contributed by atoms with E-state index >= 15 is 0 Å². The SMILES string of the molecule is CC(=O)/C(=C/c1ccc(Br)cc1)c1ccccn1. The summed E-state index contributed by atoms with van der Waals surface area (Å²) in [4.78, 5) is 15.9. The molecule has 18 heavy (non-hydrogen) atoms. The monoisotopic (exact) mass is 301 g/mol. The van der Waals surface area contributed by atoms with Gasteiger partial charge in [-0.05, 0) is 42.8 Å².